The molecule has 0 bridgehead atoms. The van der Waals surface area contributed by atoms with Gasteiger partial charge in [0.15, 0.2) is 0 Å². The summed E-state index contributed by atoms with van der Waals surface area (Å²) in [5.41, 5.74) is -0.712. The molecule has 0 unspecified atom stereocenters. The van der Waals surface area contributed by atoms with Gasteiger partial charge in [0, 0.05) is 26.2 Å². The third-order valence-corrected chi connectivity index (χ3v) is 3.89. The minimum Gasteiger partial charge on any atom is -0.342 e. The predicted octanol–water partition coefficient (Wildman–Crippen LogP) is 2.28. The summed E-state index contributed by atoms with van der Waals surface area (Å²) in [7, 11) is 0. The lowest BCUT2D eigenvalue weighted by molar-refractivity contribution is -0.149. The van der Waals surface area contributed by atoms with E-state index in [1.54, 1.807) is 4.90 Å². The van der Waals surface area contributed by atoms with Crippen LogP contribution in [0.25, 0.3) is 0 Å². The van der Waals surface area contributed by atoms with E-state index in [2.05, 4.69) is 13.8 Å². The lowest BCUT2D eigenvalue weighted by atomic mass is 10.0. The van der Waals surface area contributed by atoms with Gasteiger partial charge >= 0.3 is 0 Å². The van der Waals surface area contributed by atoms with Gasteiger partial charge in [-0.3, -0.25) is 9.59 Å². The maximum Gasteiger partial charge on any atom is 0.238 e. The van der Waals surface area contributed by atoms with Crippen LogP contribution >= 0.6 is 0 Å². The second-order valence-corrected chi connectivity index (χ2v) is 5.35. The van der Waals surface area contributed by atoms with Gasteiger partial charge in [-0.05, 0) is 39.5 Å². The summed E-state index contributed by atoms with van der Waals surface area (Å²) in [4.78, 5) is 28.9. The highest BCUT2D eigenvalue weighted by atomic mass is 16.2. The maximum absolute atomic E-state index is 12.7. The third-order valence-electron chi connectivity index (χ3n) is 3.89. The van der Waals surface area contributed by atoms with Gasteiger partial charge in [-0.25, -0.2) is 0 Å². The van der Waals surface area contributed by atoms with E-state index >= 15 is 0 Å². The van der Waals surface area contributed by atoms with Crippen molar-refractivity contribution in [3.05, 3.63) is 0 Å². The molecule has 110 valence electrons. The number of hydrogen-bond acceptors (Lipinski definition) is 2. The summed E-state index contributed by atoms with van der Waals surface area (Å²) in [6.07, 6.45) is 3.35. The molecule has 0 heterocycles. The van der Waals surface area contributed by atoms with Gasteiger partial charge in [0.2, 0.25) is 11.8 Å². The smallest absolute Gasteiger partial charge is 0.238 e. The first-order valence-corrected chi connectivity index (χ1v) is 7.66. The number of carbonyl (C=O) groups excluding carboxylic acids is 2. The van der Waals surface area contributed by atoms with Crippen molar-refractivity contribution in [3.63, 3.8) is 0 Å². The number of carbonyl (C=O) groups is 2. The topological polar surface area (TPSA) is 40.6 Å². The Kier molecular flexibility index (Phi) is 5.83. The first-order valence-electron chi connectivity index (χ1n) is 7.66. The van der Waals surface area contributed by atoms with Crippen molar-refractivity contribution >= 4 is 11.8 Å². The predicted molar refractivity (Wildman–Crippen MR) is 76.8 cm³/mol. The van der Waals surface area contributed by atoms with Gasteiger partial charge in [0.1, 0.15) is 5.41 Å². The molecule has 0 atom stereocenters. The van der Waals surface area contributed by atoms with Crippen LogP contribution in [-0.4, -0.2) is 47.8 Å². The van der Waals surface area contributed by atoms with E-state index in [-0.39, 0.29) is 11.8 Å². The second-order valence-electron chi connectivity index (χ2n) is 5.35. The Morgan fingerprint density at radius 3 is 1.58 bits per heavy atom. The molecule has 19 heavy (non-hydrogen) atoms. The summed E-state index contributed by atoms with van der Waals surface area (Å²) in [5.74, 6) is 0.104. The summed E-state index contributed by atoms with van der Waals surface area (Å²) >= 11 is 0. The van der Waals surface area contributed by atoms with Crippen LogP contribution in [0.2, 0.25) is 0 Å². The van der Waals surface area contributed by atoms with E-state index in [1.165, 1.54) is 0 Å². The van der Waals surface area contributed by atoms with Crippen molar-refractivity contribution in [2.45, 2.75) is 53.4 Å². The molecule has 0 N–H and O–H groups in total. The number of rotatable bonds is 8. The van der Waals surface area contributed by atoms with Crippen LogP contribution < -0.4 is 0 Å². The zero-order valence-electron chi connectivity index (χ0n) is 12.9. The van der Waals surface area contributed by atoms with Crippen molar-refractivity contribution in [2.24, 2.45) is 5.41 Å². The molecule has 0 aromatic rings. The Balaban J connectivity index is 2.81. The Morgan fingerprint density at radius 1 is 0.842 bits per heavy atom. The molecule has 1 aliphatic carbocycles. The zero-order valence-corrected chi connectivity index (χ0v) is 12.9. The summed E-state index contributed by atoms with van der Waals surface area (Å²) in [5, 5.41) is 0. The Bertz CT molecular complexity index is 314. The molecule has 0 spiro atoms. The molecule has 2 amide bonds. The molecule has 0 aromatic carbocycles. The van der Waals surface area contributed by atoms with Crippen LogP contribution in [0.1, 0.15) is 53.4 Å². The monoisotopic (exact) mass is 268 g/mol. The lowest BCUT2D eigenvalue weighted by Crippen LogP contribution is -2.47. The van der Waals surface area contributed by atoms with E-state index in [1.807, 2.05) is 18.7 Å². The van der Waals surface area contributed by atoms with E-state index in [4.69, 9.17) is 0 Å². The average Bonchev–Trinajstić information content (AvgIpc) is 3.20. The minimum absolute atomic E-state index is 0.0414. The first kappa shape index (κ1) is 16.0. The minimum atomic E-state index is -0.712. The van der Waals surface area contributed by atoms with Crippen molar-refractivity contribution in [1.82, 2.24) is 9.80 Å². The van der Waals surface area contributed by atoms with Crippen LogP contribution in [0, 0.1) is 5.41 Å². The van der Waals surface area contributed by atoms with Gasteiger partial charge in [-0.1, -0.05) is 13.8 Å². The lowest BCUT2D eigenvalue weighted by Gasteiger charge is -2.29. The summed E-state index contributed by atoms with van der Waals surface area (Å²) < 4.78 is 0. The van der Waals surface area contributed by atoms with E-state index in [9.17, 15) is 9.59 Å². The number of nitrogens with zero attached hydrogens (tertiary/aromatic N) is 2. The fraction of sp³-hybridized carbons (Fsp3) is 0.867. The molecule has 0 aromatic heterocycles. The van der Waals surface area contributed by atoms with Gasteiger partial charge in [-0.15, -0.1) is 0 Å². The van der Waals surface area contributed by atoms with Crippen molar-refractivity contribution < 1.29 is 9.59 Å². The molecule has 0 aliphatic heterocycles. The number of hydrogen-bond donors (Lipinski definition) is 0. The van der Waals surface area contributed by atoms with Crippen molar-refractivity contribution in [2.75, 3.05) is 26.2 Å². The third kappa shape index (κ3) is 3.28. The standard InChI is InChI=1S/C15H28N2O2/c1-5-11-17(12-6-2)14(19)15(9-10-15)13(18)16(7-3)8-4/h5-12H2,1-4H3. The largest absolute Gasteiger partial charge is 0.342 e. The molecule has 1 rings (SSSR count). The molecule has 4 nitrogen and oxygen atoms in total. The molecule has 1 aliphatic rings. The van der Waals surface area contributed by atoms with Gasteiger partial charge in [0.25, 0.3) is 0 Å². The summed E-state index contributed by atoms with van der Waals surface area (Å²) in [6, 6.07) is 0. The van der Waals surface area contributed by atoms with Gasteiger partial charge in [0.05, 0.1) is 0 Å². The van der Waals surface area contributed by atoms with Crippen LogP contribution in [0.15, 0.2) is 0 Å². The van der Waals surface area contributed by atoms with Crippen LogP contribution in [0.5, 0.6) is 0 Å². The molecule has 4 heteroatoms. The second kappa shape index (κ2) is 6.92. The molecular formula is C15H28N2O2. The van der Waals surface area contributed by atoms with Crippen molar-refractivity contribution in [3.8, 4) is 0 Å². The SMILES string of the molecule is CCCN(CCC)C(=O)C1(C(=O)N(CC)CC)CC1. The fourth-order valence-electron chi connectivity index (χ4n) is 2.62. The number of amides is 2. The molecule has 0 radical (unpaired) electrons. The maximum atomic E-state index is 12.7. The highest BCUT2D eigenvalue weighted by Gasteiger charge is 2.58. The van der Waals surface area contributed by atoms with Crippen molar-refractivity contribution in [1.29, 1.82) is 0 Å². The fourth-order valence-corrected chi connectivity index (χ4v) is 2.62. The van der Waals surface area contributed by atoms with E-state index in [0.717, 1.165) is 38.8 Å². The highest BCUT2D eigenvalue weighted by molar-refractivity contribution is 6.07. The Labute approximate surface area is 117 Å². The average molecular weight is 268 g/mol. The quantitative estimate of drug-likeness (QED) is 0.634. The molecule has 1 fully saturated rings. The Morgan fingerprint density at radius 2 is 1.26 bits per heavy atom. The zero-order chi connectivity index (χ0) is 14.5. The van der Waals surface area contributed by atoms with Crippen LogP contribution in [-0.2, 0) is 9.59 Å². The van der Waals surface area contributed by atoms with E-state index in [0.29, 0.717) is 13.1 Å². The van der Waals surface area contributed by atoms with Gasteiger partial charge in [-0.2, -0.15) is 0 Å². The molecular weight excluding hydrogens is 240 g/mol. The Hall–Kier alpha value is -1.06. The summed E-state index contributed by atoms with van der Waals surface area (Å²) in [6.45, 7) is 11.0. The first-order chi connectivity index (χ1) is 9.07. The molecule has 0 saturated heterocycles. The van der Waals surface area contributed by atoms with Gasteiger partial charge < -0.3 is 9.80 Å². The highest BCUT2D eigenvalue weighted by Crippen LogP contribution is 2.48. The molecule has 1 saturated carbocycles. The van der Waals surface area contributed by atoms with E-state index < -0.39 is 5.41 Å². The van der Waals surface area contributed by atoms with Crippen LogP contribution in [0.3, 0.4) is 0 Å². The normalized spacial score (nSPS) is 16.0. The van der Waals surface area contributed by atoms with Crippen LogP contribution in [0.4, 0.5) is 0 Å².